The minimum absolute atomic E-state index is 0.0962. The number of esters is 2. The highest BCUT2D eigenvalue weighted by Crippen LogP contribution is 2.11. The largest absolute Gasteiger partial charge is 0.467 e. The first kappa shape index (κ1) is 22.8. The van der Waals surface area contributed by atoms with Gasteiger partial charge in [0, 0.05) is 19.6 Å². The topological polar surface area (TPSA) is 94.2 Å². The van der Waals surface area contributed by atoms with E-state index in [4.69, 9.17) is 14.2 Å². The lowest BCUT2D eigenvalue weighted by molar-refractivity contribution is -0.147. The van der Waals surface area contributed by atoms with Crippen LogP contribution in [0.25, 0.3) is 0 Å². The van der Waals surface area contributed by atoms with Gasteiger partial charge in [0.15, 0.2) is 6.61 Å². The van der Waals surface area contributed by atoms with Crippen molar-refractivity contribution in [2.45, 2.75) is 32.9 Å². The first-order chi connectivity index (χ1) is 13.9. The molecule has 0 saturated carbocycles. The number of hydrogen-bond donors (Lipinski definition) is 1. The lowest BCUT2D eigenvalue weighted by Crippen LogP contribution is -2.47. The van der Waals surface area contributed by atoms with Gasteiger partial charge in [-0.3, -0.25) is 9.69 Å². The van der Waals surface area contributed by atoms with E-state index >= 15 is 0 Å². The van der Waals surface area contributed by atoms with Gasteiger partial charge in [0.2, 0.25) is 0 Å². The van der Waals surface area contributed by atoms with Crippen LogP contribution < -0.4 is 5.32 Å². The molecule has 1 amide bonds. The van der Waals surface area contributed by atoms with Gasteiger partial charge in [0.1, 0.15) is 6.04 Å². The molecule has 0 aliphatic carbocycles. The molecule has 0 aromatic heterocycles. The third-order valence-electron chi connectivity index (χ3n) is 5.02. The van der Waals surface area contributed by atoms with E-state index in [0.717, 1.165) is 38.4 Å². The molecule has 29 heavy (non-hydrogen) atoms. The van der Waals surface area contributed by atoms with Gasteiger partial charge in [0.25, 0.3) is 5.91 Å². The molecule has 8 heteroatoms. The number of nitrogens with zero attached hydrogens (tertiary/aromatic N) is 1. The van der Waals surface area contributed by atoms with Gasteiger partial charge in [-0.1, -0.05) is 32.4 Å². The summed E-state index contributed by atoms with van der Waals surface area (Å²) < 4.78 is 15.1. The van der Waals surface area contributed by atoms with E-state index in [2.05, 4.69) is 10.2 Å². The summed E-state index contributed by atoms with van der Waals surface area (Å²) in [6, 6.07) is 6.36. The van der Waals surface area contributed by atoms with Crippen molar-refractivity contribution < 1.29 is 28.6 Å². The normalized spacial score (nSPS) is 16.5. The Morgan fingerprint density at radius 3 is 2.41 bits per heavy atom. The summed E-state index contributed by atoms with van der Waals surface area (Å²) in [4.78, 5) is 38.4. The van der Waals surface area contributed by atoms with Crippen LogP contribution in [0.3, 0.4) is 0 Å². The van der Waals surface area contributed by atoms with Gasteiger partial charge in [-0.15, -0.1) is 0 Å². The maximum Gasteiger partial charge on any atom is 0.338 e. The Morgan fingerprint density at radius 1 is 1.17 bits per heavy atom. The summed E-state index contributed by atoms with van der Waals surface area (Å²) in [6.45, 7) is 7.34. The minimum Gasteiger partial charge on any atom is -0.467 e. The van der Waals surface area contributed by atoms with E-state index in [1.165, 1.54) is 7.11 Å². The molecule has 1 aliphatic rings. The van der Waals surface area contributed by atoms with E-state index < -0.39 is 30.5 Å². The average Bonchev–Trinajstić information content (AvgIpc) is 2.76. The van der Waals surface area contributed by atoms with Gasteiger partial charge in [-0.05, 0) is 23.6 Å². The molecule has 1 saturated heterocycles. The fourth-order valence-electron chi connectivity index (χ4n) is 2.99. The van der Waals surface area contributed by atoms with Crippen LogP contribution in [0, 0.1) is 5.92 Å². The molecule has 1 heterocycles. The zero-order chi connectivity index (χ0) is 21.2. The fraction of sp³-hybridized carbons (Fsp3) is 0.571. The minimum atomic E-state index is -0.768. The van der Waals surface area contributed by atoms with Crippen LogP contribution >= 0.6 is 0 Å². The van der Waals surface area contributed by atoms with E-state index in [1.54, 1.807) is 12.1 Å². The molecule has 8 nitrogen and oxygen atoms in total. The second-order valence-corrected chi connectivity index (χ2v) is 7.12. The van der Waals surface area contributed by atoms with E-state index in [0.29, 0.717) is 12.0 Å². The van der Waals surface area contributed by atoms with E-state index in [-0.39, 0.29) is 5.92 Å². The quantitative estimate of drug-likeness (QED) is 0.619. The summed E-state index contributed by atoms with van der Waals surface area (Å²) in [7, 11) is 1.27. The highest BCUT2D eigenvalue weighted by molar-refractivity contribution is 5.92. The Morgan fingerprint density at radius 2 is 1.83 bits per heavy atom. The number of amides is 1. The molecule has 0 bridgehead atoms. The number of carbonyl (C=O) groups is 3. The maximum absolute atomic E-state index is 12.2. The van der Waals surface area contributed by atoms with Crippen LogP contribution in [-0.2, 0) is 30.3 Å². The predicted molar refractivity (Wildman–Crippen MR) is 106 cm³/mol. The van der Waals surface area contributed by atoms with Gasteiger partial charge >= 0.3 is 11.9 Å². The van der Waals surface area contributed by atoms with Crippen molar-refractivity contribution in [3.63, 3.8) is 0 Å². The standard InChI is InChI=1S/C21H30N2O6/c1-4-15(2)19(21(26)27-3)22-18(24)14-29-20(25)17-7-5-16(6-8-17)13-23-9-11-28-12-10-23/h5-8,15,19H,4,9-14H2,1-3H3,(H,22,24)/t15-,19+/m0/s1. The zero-order valence-electron chi connectivity index (χ0n) is 17.3. The zero-order valence-corrected chi connectivity index (χ0v) is 17.3. The van der Waals surface area contributed by atoms with Gasteiger partial charge in [0.05, 0.1) is 25.9 Å². The molecule has 0 radical (unpaired) electrons. The van der Waals surface area contributed by atoms with Gasteiger partial charge < -0.3 is 19.5 Å². The van der Waals surface area contributed by atoms with Crippen molar-refractivity contribution in [3.05, 3.63) is 35.4 Å². The molecule has 1 aromatic carbocycles. The van der Waals surface area contributed by atoms with Crippen LogP contribution in [0.2, 0.25) is 0 Å². The first-order valence-corrected chi connectivity index (χ1v) is 9.88. The maximum atomic E-state index is 12.2. The Labute approximate surface area is 171 Å². The monoisotopic (exact) mass is 406 g/mol. The van der Waals surface area contributed by atoms with Crippen molar-refractivity contribution >= 4 is 17.8 Å². The van der Waals surface area contributed by atoms with Gasteiger partial charge in [-0.2, -0.15) is 0 Å². The smallest absolute Gasteiger partial charge is 0.338 e. The molecule has 2 rings (SSSR count). The third-order valence-corrected chi connectivity index (χ3v) is 5.02. The number of methoxy groups -OCH3 is 1. The van der Waals surface area contributed by atoms with Crippen LogP contribution in [-0.4, -0.2) is 68.8 Å². The highest BCUT2D eigenvalue weighted by Gasteiger charge is 2.27. The number of hydrogen-bond acceptors (Lipinski definition) is 7. The SMILES string of the molecule is CC[C@H](C)[C@@H](NC(=O)COC(=O)c1ccc(CN2CCOCC2)cc1)C(=O)OC. The summed E-state index contributed by atoms with van der Waals surface area (Å²) in [5.41, 5.74) is 1.46. The molecular formula is C21H30N2O6. The predicted octanol–water partition coefficient (Wildman–Crippen LogP) is 1.38. The summed E-state index contributed by atoms with van der Waals surface area (Å²) >= 11 is 0. The van der Waals surface area contributed by atoms with Crippen LogP contribution in [0.5, 0.6) is 0 Å². The van der Waals surface area contributed by atoms with Gasteiger partial charge in [-0.25, -0.2) is 9.59 Å². The fourth-order valence-corrected chi connectivity index (χ4v) is 2.99. The Hall–Kier alpha value is -2.45. The summed E-state index contributed by atoms with van der Waals surface area (Å²) in [5.74, 6) is -1.75. The second kappa shape index (κ2) is 11.5. The molecule has 0 spiro atoms. The van der Waals surface area contributed by atoms with Crippen LogP contribution in [0.4, 0.5) is 0 Å². The Balaban J connectivity index is 1.83. The van der Waals surface area contributed by atoms with Crippen molar-refractivity contribution in [2.24, 2.45) is 5.92 Å². The molecule has 0 unspecified atom stereocenters. The number of ether oxygens (including phenoxy) is 3. The second-order valence-electron chi connectivity index (χ2n) is 7.12. The lowest BCUT2D eigenvalue weighted by Gasteiger charge is -2.26. The lowest BCUT2D eigenvalue weighted by atomic mass is 9.99. The average molecular weight is 406 g/mol. The summed E-state index contributed by atoms with van der Waals surface area (Å²) in [6.07, 6.45) is 0.691. The van der Waals surface area contributed by atoms with Crippen molar-refractivity contribution in [2.75, 3.05) is 40.0 Å². The number of nitrogens with one attached hydrogen (secondary N) is 1. The van der Waals surface area contributed by atoms with E-state index in [1.807, 2.05) is 26.0 Å². The molecule has 160 valence electrons. The van der Waals surface area contributed by atoms with Crippen molar-refractivity contribution in [1.29, 1.82) is 0 Å². The molecule has 1 aliphatic heterocycles. The number of morpholine rings is 1. The number of carbonyl (C=O) groups excluding carboxylic acids is 3. The number of rotatable bonds is 9. The number of benzene rings is 1. The van der Waals surface area contributed by atoms with Crippen molar-refractivity contribution in [1.82, 2.24) is 10.2 Å². The Kier molecular flexibility index (Phi) is 9.08. The third kappa shape index (κ3) is 7.14. The van der Waals surface area contributed by atoms with E-state index in [9.17, 15) is 14.4 Å². The highest BCUT2D eigenvalue weighted by atomic mass is 16.5. The summed E-state index contributed by atoms with van der Waals surface area (Å²) in [5, 5.41) is 2.57. The molecule has 1 aromatic rings. The molecule has 1 fully saturated rings. The molecule has 1 N–H and O–H groups in total. The molecule has 2 atom stereocenters. The van der Waals surface area contributed by atoms with Crippen LogP contribution in [0.1, 0.15) is 36.2 Å². The van der Waals surface area contributed by atoms with Crippen LogP contribution in [0.15, 0.2) is 24.3 Å². The Bertz CT molecular complexity index is 685. The first-order valence-electron chi connectivity index (χ1n) is 9.88. The van der Waals surface area contributed by atoms with Crippen molar-refractivity contribution in [3.8, 4) is 0 Å². The molecular weight excluding hydrogens is 376 g/mol.